The number of nitrogens with two attached hydrogens (primary N) is 1. The molecule has 3 unspecified atom stereocenters. The quantitative estimate of drug-likeness (QED) is 0.834. The highest BCUT2D eigenvalue weighted by Gasteiger charge is 2.24. The molecule has 1 aromatic heterocycles. The van der Waals surface area contributed by atoms with Crippen molar-refractivity contribution < 1.29 is 0 Å². The SMILES string of the molecule is CC1CCCC(C(N)Cc2ccsc2)C1. The lowest BCUT2D eigenvalue weighted by Gasteiger charge is -2.31. The summed E-state index contributed by atoms with van der Waals surface area (Å²) in [5.41, 5.74) is 7.73. The summed E-state index contributed by atoms with van der Waals surface area (Å²) in [5.74, 6) is 1.64. The van der Waals surface area contributed by atoms with Crippen molar-refractivity contribution in [1.82, 2.24) is 0 Å². The van der Waals surface area contributed by atoms with Crippen LogP contribution in [0.2, 0.25) is 0 Å². The van der Waals surface area contributed by atoms with Gasteiger partial charge < -0.3 is 5.73 Å². The van der Waals surface area contributed by atoms with E-state index in [0.717, 1.165) is 18.3 Å². The maximum absolute atomic E-state index is 6.31. The van der Waals surface area contributed by atoms with E-state index in [4.69, 9.17) is 5.73 Å². The normalized spacial score (nSPS) is 28.9. The molecule has 0 radical (unpaired) electrons. The molecule has 84 valence electrons. The van der Waals surface area contributed by atoms with Crippen LogP contribution in [0.1, 0.15) is 38.2 Å². The highest BCUT2D eigenvalue weighted by Crippen LogP contribution is 2.31. The van der Waals surface area contributed by atoms with Crippen LogP contribution in [0.4, 0.5) is 0 Å². The third-order valence-electron chi connectivity index (χ3n) is 3.63. The fourth-order valence-electron chi connectivity index (χ4n) is 2.72. The average Bonchev–Trinajstić information content (AvgIpc) is 2.70. The topological polar surface area (TPSA) is 26.0 Å². The van der Waals surface area contributed by atoms with Gasteiger partial charge in [-0.25, -0.2) is 0 Å². The second kappa shape index (κ2) is 5.13. The Morgan fingerprint density at radius 2 is 2.40 bits per heavy atom. The maximum atomic E-state index is 6.31. The fourth-order valence-corrected chi connectivity index (χ4v) is 3.40. The van der Waals surface area contributed by atoms with Crippen molar-refractivity contribution in [2.24, 2.45) is 17.6 Å². The van der Waals surface area contributed by atoms with Crippen molar-refractivity contribution >= 4 is 11.3 Å². The third-order valence-corrected chi connectivity index (χ3v) is 4.37. The zero-order valence-corrected chi connectivity index (χ0v) is 10.3. The Kier molecular flexibility index (Phi) is 3.81. The molecule has 1 heterocycles. The summed E-state index contributed by atoms with van der Waals surface area (Å²) in [6, 6.07) is 2.58. The van der Waals surface area contributed by atoms with Gasteiger partial charge in [-0.3, -0.25) is 0 Å². The van der Waals surface area contributed by atoms with E-state index >= 15 is 0 Å². The van der Waals surface area contributed by atoms with Crippen LogP contribution >= 0.6 is 11.3 Å². The fraction of sp³-hybridized carbons (Fsp3) is 0.692. The summed E-state index contributed by atoms with van der Waals surface area (Å²) in [4.78, 5) is 0. The van der Waals surface area contributed by atoms with E-state index in [1.54, 1.807) is 11.3 Å². The molecule has 2 N–H and O–H groups in total. The lowest BCUT2D eigenvalue weighted by molar-refractivity contribution is 0.245. The zero-order chi connectivity index (χ0) is 10.7. The first-order valence-electron chi connectivity index (χ1n) is 6.02. The van der Waals surface area contributed by atoms with E-state index in [9.17, 15) is 0 Å². The Morgan fingerprint density at radius 1 is 1.53 bits per heavy atom. The van der Waals surface area contributed by atoms with Gasteiger partial charge in [0.2, 0.25) is 0 Å². The predicted molar refractivity (Wildman–Crippen MR) is 67.1 cm³/mol. The van der Waals surface area contributed by atoms with Gasteiger partial charge in [0.25, 0.3) is 0 Å². The summed E-state index contributed by atoms with van der Waals surface area (Å²) in [6.07, 6.45) is 6.53. The molecule has 1 nitrogen and oxygen atoms in total. The van der Waals surface area contributed by atoms with Crippen molar-refractivity contribution in [3.05, 3.63) is 22.4 Å². The summed E-state index contributed by atoms with van der Waals surface area (Å²) in [7, 11) is 0. The molecule has 0 aliphatic heterocycles. The lowest BCUT2D eigenvalue weighted by Crippen LogP contribution is -2.35. The monoisotopic (exact) mass is 223 g/mol. The molecule has 0 amide bonds. The molecule has 3 atom stereocenters. The van der Waals surface area contributed by atoms with Crippen molar-refractivity contribution in [1.29, 1.82) is 0 Å². The summed E-state index contributed by atoms with van der Waals surface area (Å²) >= 11 is 1.77. The molecule has 1 aromatic rings. The van der Waals surface area contributed by atoms with Crippen LogP contribution in [0, 0.1) is 11.8 Å². The minimum absolute atomic E-state index is 0.377. The minimum atomic E-state index is 0.377. The van der Waals surface area contributed by atoms with Gasteiger partial charge >= 0.3 is 0 Å². The first kappa shape index (κ1) is 11.2. The van der Waals surface area contributed by atoms with Crippen LogP contribution in [0.15, 0.2) is 16.8 Å². The van der Waals surface area contributed by atoms with Crippen LogP contribution in [0.5, 0.6) is 0 Å². The first-order valence-corrected chi connectivity index (χ1v) is 6.96. The Balaban J connectivity index is 1.87. The Morgan fingerprint density at radius 3 is 3.07 bits per heavy atom. The van der Waals surface area contributed by atoms with Gasteiger partial charge in [0.05, 0.1) is 0 Å². The highest BCUT2D eigenvalue weighted by atomic mass is 32.1. The molecule has 0 spiro atoms. The van der Waals surface area contributed by atoms with Gasteiger partial charge in [-0.1, -0.05) is 19.8 Å². The molecule has 1 saturated carbocycles. The van der Waals surface area contributed by atoms with Crippen molar-refractivity contribution in [3.8, 4) is 0 Å². The van der Waals surface area contributed by atoms with Gasteiger partial charge in [-0.15, -0.1) is 0 Å². The zero-order valence-electron chi connectivity index (χ0n) is 9.49. The second-order valence-electron chi connectivity index (χ2n) is 5.03. The largest absolute Gasteiger partial charge is 0.327 e. The number of hydrogen-bond acceptors (Lipinski definition) is 2. The molecule has 1 aliphatic rings. The van der Waals surface area contributed by atoms with E-state index in [2.05, 4.69) is 23.8 Å². The van der Waals surface area contributed by atoms with E-state index in [1.165, 1.54) is 31.2 Å². The van der Waals surface area contributed by atoms with E-state index in [0.29, 0.717) is 6.04 Å². The van der Waals surface area contributed by atoms with Crippen LogP contribution < -0.4 is 5.73 Å². The van der Waals surface area contributed by atoms with Gasteiger partial charge in [-0.05, 0) is 53.5 Å². The Labute approximate surface area is 96.7 Å². The number of hydrogen-bond donors (Lipinski definition) is 1. The molecule has 1 fully saturated rings. The molecule has 0 aromatic carbocycles. The predicted octanol–water partition coefficient (Wildman–Crippen LogP) is 3.44. The van der Waals surface area contributed by atoms with Gasteiger partial charge in [0.1, 0.15) is 0 Å². The number of thiophene rings is 1. The summed E-state index contributed by atoms with van der Waals surface area (Å²) < 4.78 is 0. The molecule has 15 heavy (non-hydrogen) atoms. The Bertz CT molecular complexity index is 281. The summed E-state index contributed by atoms with van der Waals surface area (Å²) in [5, 5.41) is 4.37. The molecule has 2 heteroatoms. The third kappa shape index (κ3) is 3.05. The summed E-state index contributed by atoms with van der Waals surface area (Å²) in [6.45, 7) is 2.36. The van der Waals surface area contributed by atoms with E-state index in [-0.39, 0.29) is 0 Å². The molecular weight excluding hydrogens is 202 g/mol. The Hall–Kier alpha value is -0.340. The average molecular weight is 223 g/mol. The van der Waals surface area contributed by atoms with E-state index in [1.807, 2.05) is 0 Å². The molecule has 0 bridgehead atoms. The number of rotatable bonds is 3. The van der Waals surface area contributed by atoms with Crippen molar-refractivity contribution in [3.63, 3.8) is 0 Å². The van der Waals surface area contributed by atoms with Crippen LogP contribution in [-0.4, -0.2) is 6.04 Å². The standard InChI is InChI=1S/C13H21NS/c1-10-3-2-4-12(7-10)13(14)8-11-5-6-15-9-11/h5-6,9-10,12-13H,2-4,7-8,14H2,1H3. The highest BCUT2D eigenvalue weighted by molar-refractivity contribution is 7.07. The molecule has 2 rings (SSSR count). The van der Waals surface area contributed by atoms with E-state index < -0.39 is 0 Å². The van der Waals surface area contributed by atoms with Gasteiger partial charge in [-0.2, -0.15) is 11.3 Å². The van der Waals surface area contributed by atoms with Crippen LogP contribution in [0.25, 0.3) is 0 Å². The lowest BCUT2D eigenvalue weighted by atomic mass is 9.77. The first-order chi connectivity index (χ1) is 7.25. The second-order valence-corrected chi connectivity index (χ2v) is 5.81. The van der Waals surface area contributed by atoms with Gasteiger partial charge in [0.15, 0.2) is 0 Å². The molecule has 0 saturated heterocycles. The molecular formula is C13H21NS. The van der Waals surface area contributed by atoms with Crippen molar-refractivity contribution in [2.75, 3.05) is 0 Å². The smallest absolute Gasteiger partial charge is 0.0108 e. The molecule has 1 aliphatic carbocycles. The maximum Gasteiger partial charge on any atom is 0.0108 e. The van der Waals surface area contributed by atoms with Gasteiger partial charge in [0, 0.05) is 6.04 Å². The minimum Gasteiger partial charge on any atom is -0.327 e. The van der Waals surface area contributed by atoms with Crippen molar-refractivity contribution in [2.45, 2.75) is 45.1 Å². The van der Waals surface area contributed by atoms with Crippen LogP contribution in [-0.2, 0) is 6.42 Å². The van der Waals surface area contributed by atoms with Crippen LogP contribution in [0.3, 0.4) is 0 Å².